The van der Waals surface area contributed by atoms with Gasteiger partial charge < -0.3 is 20.8 Å². The van der Waals surface area contributed by atoms with Crippen molar-refractivity contribution < 1.29 is 15.0 Å². The largest absolute Gasteiger partial charge is 0.508 e. The van der Waals surface area contributed by atoms with Crippen molar-refractivity contribution in [2.45, 2.75) is 39.2 Å². The Morgan fingerprint density at radius 3 is 2.25 bits per heavy atom. The third-order valence-electron chi connectivity index (χ3n) is 4.92. The van der Waals surface area contributed by atoms with E-state index in [0.29, 0.717) is 25.2 Å². The number of piperazine rings is 1. The van der Waals surface area contributed by atoms with E-state index in [-0.39, 0.29) is 34.4 Å². The monoisotopic (exact) mass is 335 g/mol. The van der Waals surface area contributed by atoms with E-state index in [9.17, 15) is 15.0 Å². The van der Waals surface area contributed by atoms with Crippen LogP contribution in [-0.4, -0.2) is 64.2 Å². The average Bonchev–Trinajstić information content (AvgIpc) is 2.54. The van der Waals surface area contributed by atoms with Gasteiger partial charge in [-0.15, -0.1) is 0 Å². The number of carbonyl (C=O) groups is 1. The van der Waals surface area contributed by atoms with Gasteiger partial charge in [0.2, 0.25) is 0 Å². The number of hydrogen-bond donors (Lipinski definition) is 3. The van der Waals surface area contributed by atoms with E-state index in [2.05, 4.69) is 18.7 Å². The maximum atomic E-state index is 12.8. The van der Waals surface area contributed by atoms with Crippen molar-refractivity contribution in [2.75, 3.05) is 32.7 Å². The van der Waals surface area contributed by atoms with Crippen LogP contribution in [0, 0.1) is 0 Å². The summed E-state index contributed by atoms with van der Waals surface area (Å²) in [7, 11) is 0. The van der Waals surface area contributed by atoms with Crippen LogP contribution >= 0.6 is 0 Å². The van der Waals surface area contributed by atoms with E-state index in [1.54, 1.807) is 11.0 Å². The van der Waals surface area contributed by atoms with Crippen LogP contribution < -0.4 is 5.73 Å². The number of carbonyl (C=O) groups excluding carboxylic acids is 1. The van der Waals surface area contributed by atoms with Gasteiger partial charge in [0.1, 0.15) is 11.5 Å². The van der Waals surface area contributed by atoms with Crippen LogP contribution in [-0.2, 0) is 0 Å². The predicted octanol–water partition coefficient (Wildman–Crippen LogP) is 1.72. The van der Waals surface area contributed by atoms with Gasteiger partial charge in [0.25, 0.3) is 5.91 Å². The maximum Gasteiger partial charge on any atom is 0.257 e. The molecule has 1 saturated heterocycles. The molecule has 24 heavy (non-hydrogen) atoms. The third kappa shape index (κ3) is 3.65. The second-order valence-corrected chi connectivity index (χ2v) is 7.38. The highest BCUT2D eigenvalue weighted by molar-refractivity contribution is 5.97. The van der Waals surface area contributed by atoms with Crippen LogP contribution in [0.5, 0.6) is 11.5 Å². The Morgan fingerprint density at radius 2 is 1.75 bits per heavy atom. The van der Waals surface area contributed by atoms with Gasteiger partial charge in [0.05, 0.1) is 5.56 Å². The molecule has 0 bridgehead atoms. The average molecular weight is 335 g/mol. The lowest BCUT2D eigenvalue weighted by atomic mass is 9.98. The quantitative estimate of drug-likeness (QED) is 0.779. The maximum absolute atomic E-state index is 12.8. The normalized spacial score (nSPS) is 16.7. The van der Waals surface area contributed by atoms with Crippen LogP contribution in [0.1, 0.15) is 49.5 Å². The van der Waals surface area contributed by atoms with Crippen LogP contribution in [0.3, 0.4) is 0 Å². The molecule has 1 aromatic carbocycles. The van der Waals surface area contributed by atoms with Crippen molar-refractivity contribution in [3.05, 3.63) is 23.3 Å². The molecule has 0 unspecified atom stereocenters. The summed E-state index contributed by atoms with van der Waals surface area (Å²) in [5.74, 6) is -0.279. The molecule has 1 fully saturated rings. The molecule has 0 aromatic heterocycles. The Kier molecular flexibility index (Phi) is 5.40. The fourth-order valence-electron chi connectivity index (χ4n) is 3.04. The molecule has 6 nitrogen and oxygen atoms in total. The minimum atomic E-state index is -0.195. The second-order valence-electron chi connectivity index (χ2n) is 7.38. The van der Waals surface area contributed by atoms with Crippen LogP contribution in [0.25, 0.3) is 0 Å². The molecule has 1 aliphatic rings. The van der Waals surface area contributed by atoms with E-state index < -0.39 is 0 Å². The van der Waals surface area contributed by atoms with Crippen molar-refractivity contribution in [1.29, 1.82) is 0 Å². The Balaban J connectivity index is 2.15. The number of amides is 1. The van der Waals surface area contributed by atoms with Crippen LogP contribution in [0.4, 0.5) is 0 Å². The van der Waals surface area contributed by atoms with Gasteiger partial charge in [-0.3, -0.25) is 9.69 Å². The zero-order valence-electron chi connectivity index (χ0n) is 15.0. The number of benzene rings is 1. The number of aromatic hydroxyl groups is 2. The summed E-state index contributed by atoms with van der Waals surface area (Å²) in [5.41, 5.74) is 6.66. The Bertz CT molecular complexity index is 606. The minimum absolute atomic E-state index is 0.0218. The lowest BCUT2D eigenvalue weighted by molar-refractivity contribution is 0.0424. The van der Waals surface area contributed by atoms with Gasteiger partial charge in [0, 0.05) is 44.3 Å². The highest BCUT2D eigenvalue weighted by Crippen LogP contribution is 2.33. The summed E-state index contributed by atoms with van der Waals surface area (Å²) in [6.07, 6.45) is 0. The molecule has 1 aliphatic heterocycles. The van der Waals surface area contributed by atoms with Crippen molar-refractivity contribution in [3.8, 4) is 11.5 Å². The van der Waals surface area contributed by atoms with Crippen molar-refractivity contribution in [2.24, 2.45) is 5.73 Å². The molecule has 134 valence electrons. The molecule has 6 heteroatoms. The summed E-state index contributed by atoms with van der Waals surface area (Å²) >= 11 is 0. The van der Waals surface area contributed by atoms with Gasteiger partial charge in [-0.1, -0.05) is 13.8 Å². The molecule has 0 atom stereocenters. The fraction of sp³-hybridized carbons (Fsp3) is 0.611. The number of nitrogens with zero attached hydrogens (tertiary/aromatic N) is 2. The summed E-state index contributed by atoms with van der Waals surface area (Å²) < 4.78 is 0. The molecule has 4 N–H and O–H groups in total. The van der Waals surface area contributed by atoms with E-state index in [0.717, 1.165) is 13.1 Å². The number of phenolic OH excluding ortho intramolecular Hbond substituents is 2. The number of nitrogens with two attached hydrogens (primary N) is 1. The lowest BCUT2D eigenvalue weighted by Gasteiger charge is -2.43. The molecule has 0 radical (unpaired) electrons. The van der Waals surface area contributed by atoms with E-state index in [1.165, 1.54) is 6.07 Å². The van der Waals surface area contributed by atoms with Crippen molar-refractivity contribution >= 4 is 5.91 Å². The molecule has 1 amide bonds. The first-order valence-electron chi connectivity index (χ1n) is 8.47. The molecule has 1 aromatic rings. The first kappa shape index (κ1) is 18.5. The smallest absolute Gasteiger partial charge is 0.257 e. The SMILES string of the molecule is CC(C)c1cc(C(=O)N2CCN(C(C)(C)CN)CC2)c(O)cc1O. The molecular formula is C18H29N3O3. The lowest BCUT2D eigenvalue weighted by Crippen LogP contribution is -2.58. The predicted molar refractivity (Wildman–Crippen MR) is 94.5 cm³/mol. The zero-order valence-corrected chi connectivity index (χ0v) is 15.0. The highest BCUT2D eigenvalue weighted by atomic mass is 16.3. The standard InChI is InChI=1S/C18H29N3O3/c1-12(2)13-9-14(16(23)10-15(13)22)17(24)20-5-7-21(8-6-20)18(3,4)11-19/h9-10,12,22-23H,5-8,11,19H2,1-4H3. The topological polar surface area (TPSA) is 90.0 Å². The number of rotatable bonds is 4. The van der Waals surface area contributed by atoms with Gasteiger partial charge in [0.15, 0.2) is 0 Å². The minimum Gasteiger partial charge on any atom is -0.508 e. The van der Waals surface area contributed by atoms with Crippen molar-refractivity contribution in [1.82, 2.24) is 9.80 Å². The first-order chi connectivity index (χ1) is 11.2. The number of hydrogen-bond acceptors (Lipinski definition) is 5. The highest BCUT2D eigenvalue weighted by Gasteiger charge is 2.31. The summed E-state index contributed by atoms with van der Waals surface area (Å²) in [5, 5.41) is 20.0. The van der Waals surface area contributed by atoms with Gasteiger partial charge in [-0.05, 0) is 31.4 Å². The Morgan fingerprint density at radius 1 is 1.17 bits per heavy atom. The molecular weight excluding hydrogens is 306 g/mol. The fourth-order valence-corrected chi connectivity index (χ4v) is 3.04. The molecule has 0 spiro atoms. The summed E-state index contributed by atoms with van der Waals surface area (Å²) in [6.45, 7) is 11.4. The number of phenols is 2. The Labute approximate surface area is 143 Å². The second kappa shape index (κ2) is 6.99. The van der Waals surface area contributed by atoms with E-state index in [4.69, 9.17) is 5.73 Å². The van der Waals surface area contributed by atoms with Crippen LogP contribution in [0.2, 0.25) is 0 Å². The molecule has 0 aliphatic carbocycles. The van der Waals surface area contributed by atoms with Gasteiger partial charge in [-0.2, -0.15) is 0 Å². The van der Waals surface area contributed by atoms with Crippen LogP contribution in [0.15, 0.2) is 12.1 Å². The molecule has 0 saturated carbocycles. The van der Waals surface area contributed by atoms with E-state index >= 15 is 0 Å². The molecule has 2 rings (SSSR count). The van der Waals surface area contributed by atoms with E-state index in [1.807, 2.05) is 13.8 Å². The summed E-state index contributed by atoms with van der Waals surface area (Å²) in [6, 6.07) is 2.87. The Hall–Kier alpha value is -1.79. The van der Waals surface area contributed by atoms with Crippen molar-refractivity contribution in [3.63, 3.8) is 0 Å². The van der Waals surface area contributed by atoms with Gasteiger partial charge >= 0.3 is 0 Å². The summed E-state index contributed by atoms with van der Waals surface area (Å²) in [4.78, 5) is 16.8. The third-order valence-corrected chi connectivity index (χ3v) is 4.92. The molecule has 1 heterocycles. The zero-order chi connectivity index (χ0) is 18.1. The van der Waals surface area contributed by atoms with Gasteiger partial charge in [-0.25, -0.2) is 0 Å². The first-order valence-corrected chi connectivity index (χ1v) is 8.47.